The number of rotatable bonds is 17. The number of benzene rings is 2. The zero-order valence-electron chi connectivity index (χ0n) is 28.0. The number of hydrogen-bond donors (Lipinski definition) is 4. The van der Waals surface area contributed by atoms with Crippen molar-refractivity contribution >= 4 is 51.0 Å². The van der Waals surface area contributed by atoms with Crippen LogP contribution in [0.25, 0.3) is 10.2 Å². The predicted octanol–water partition coefficient (Wildman–Crippen LogP) is 4.85. The summed E-state index contributed by atoms with van der Waals surface area (Å²) in [5.74, 6) is -0.789. The fourth-order valence-electron chi connectivity index (χ4n) is 5.21. The van der Waals surface area contributed by atoms with Gasteiger partial charge in [0.05, 0.1) is 22.8 Å². The average Bonchev–Trinajstić information content (AvgIpc) is 3.48. The van der Waals surface area contributed by atoms with Gasteiger partial charge in [0, 0.05) is 45.3 Å². The van der Waals surface area contributed by atoms with Crippen molar-refractivity contribution in [2.24, 2.45) is 0 Å². The molecular weight excluding hydrogens is 668 g/mol. The van der Waals surface area contributed by atoms with Crippen LogP contribution in [0.15, 0.2) is 72.1 Å². The largest absolute Gasteiger partial charge is 0.508 e. The number of aromatic nitrogens is 1. The Morgan fingerprint density at radius 1 is 0.980 bits per heavy atom. The molecule has 2 heterocycles. The van der Waals surface area contributed by atoms with E-state index in [-0.39, 0.29) is 31.2 Å². The first kappa shape index (κ1) is 37.5. The van der Waals surface area contributed by atoms with Crippen LogP contribution in [0, 0.1) is 0 Å². The van der Waals surface area contributed by atoms with Crippen molar-refractivity contribution in [3.8, 4) is 5.75 Å². The number of thiophene rings is 1. The number of carbonyl (C=O) groups excluding carboxylic acids is 3. The summed E-state index contributed by atoms with van der Waals surface area (Å²) in [5, 5.41) is 19.1. The van der Waals surface area contributed by atoms with Crippen molar-refractivity contribution in [2.45, 2.75) is 58.7 Å². The molecule has 4 rings (SSSR count). The molecule has 0 bridgehead atoms. The summed E-state index contributed by atoms with van der Waals surface area (Å²) in [6, 6.07) is 17.4. The quantitative estimate of drug-likeness (QED) is 0.0692. The van der Waals surface area contributed by atoms with Crippen molar-refractivity contribution < 1.29 is 29.0 Å². The van der Waals surface area contributed by atoms with Gasteiger partial charge in [0.1, 0.15) is 16.9 Å². The Morgan fingerprint density at radius 3 is 2.35 bits per heavy atom. The standard InChI is InChI=1S/C35H43ClN6O6S/c1-5-47-34(48-6-2)23(3)42(20-26-22-49-29-16-17-30(36)39-32(26)29)33(45)28(18-24-12-14-27(43)15-13-24)38-31(44)21-41(4)40-35(46)37-19-25-10-8-7-9-11-25/h7-17,22-23,28,34,43H,5-6,18-21H2,1-4H3,(H,38,44)(H2,37,40,46)/t23-,28-/m0/s1. The summed E-state index contributed by atoms with van der Waals surface area (Å²) in [6.07, 6.45) is -0.610. The lowest BCUT2D eigenvalue weighted by Crippen LogP contribution is -2.56. The number of likely N-dealkylation sites (N-methyl/N-ethyl adjacent to an activating group) is 1. The van der Waals surface area contributed by atoms with E-state index < -0.39 is 30.3 Å². The number of amides is 4. The third-order valence-electron chi connectivity index (χ3n) is 7.61. The Hall–Kier alpha value is -4.27. The second-order valence-corrected chi connectivity index (χ2v) is 12.7. The van der Waals surface area contributed by atoms with E-state index in [1.54, 1.807) is 30.1 Å². The molecule has 2 aromatic carbocycles. The fraction of sp³-hybridized carbons (Fsp3) is 0.371. The number of ether oxygens (including phenoxy) is 2. The Bertz CT molecular complexity index is 1670. The minimum Gasteiger partial charge on any atom is -0.508 e. The highest BCUT2D eigenvalue weighted by atomic mass is 35.5. The molecule has 2 aromatic heterocycles. The second-order valence-electron chi connectivity index (χ2n) is 11.4. The molecule has 0 aliphatic rings. The van der Waals surface area contributed by atoms with Crippen LogP contribution in [0.5, 0.6) is 5.75 Å². The number of nitrogens with zero attached hydrogens (tertiary/aromatic N) is 3. The topological polar surface area (TPSA) is 145 Å². The Balaban J connectivity index is 1.56. The molecule has 4 N–H and O–H groups in total. The molecule has 0 spiro atoms. The van der Waals surface area contributed by atoms with Gasteiger partial charge in [-0.15, -0.1) is 11.3 Å². The van der Waals surface area contributed by atoms with Gasteiger partial charge in [0.2, 0.25) is 11.8 Å². The summed E-state index contributed by atoms with van der Waals surface area (Å²) < 4.78 is 12.7. The van der Waals surface area contributed by atoms with Crippen LogP contribution >= 0.6 is 22.9 Å². The molecule has 0 saturated heterocycles. The van der Waals surface area contributed by atoms with Crippen LogP contribution in [0.4, 0.5) is 4.79 Å². The number of hydrogen-bond acceptors (Lipinski definition) is 9. The van der Waals surface area contributed by atoms with Crippen LogP contribution < -0.4 is 16.1 Å². The first-order chi connectivity index (χ1) is 23.6. The number of nitrogens with one attached hydrogen (secondary N) is 3. The number of pyridine rings is 1. The SMILES string of the molecule is CCOC(OCC)[C@H](C)N(Cc1csc2ccc(Cl)nc12)C(=O)[C@H](Cc1ccc(O)cc1)NC(=O)CN(C)NC(=O)NCc1ccccc1. The number of phenolic OH excluding ortho intramolecular Hbond substituents is 1. The lowest BCUT2D eigenvalue weighted by molar-refractivity contribution is -0.179. The summed E-state index contributed by atoms with van der Waals surface area (Å²) in [7, 11) is 1.56. The molecule has 4 aromatic rings. The van der Waals surface area contributed by atoms with E-state index in [1.165, 1.54) is 28.5 Å². The zero-order valence-corrected chi connectivity index (χ0v) is 29.6. The first-order valence-corrected chi connectivity index (χ1v) is 17.3. The monoisotopic (exact) mass is 710 g/mol. The average molecular weight is 711 g/mol. The molecule has 0 saturated carbocycles. The molecule has 262 valence electrons. The molecule has 2 atom stereocenters. The molecule has 0 radical (unpaired) electrons. The highest BCUT2D eigenvalue weighted by Gasteiger charge is 2.34. The van der Waals surface area contributed by atoms with Gasteiger partial charge >= 0.3 is 6.03 Å². The third-order valence-corrected chi connectivity index (χ3v) is 8.80. The van der Waals surface area contributed by atoms with E-state index in [2.05, 4.69) is 21.0 Å². The number of fused-ring (bicyclic) bond motifs is 1. The first-order valence-electron chi connectivity index (χ1n) is 16.0. The molecule has 12 nitrogen and oxygen atoms in total. The van der Waals surface area contributed by atoms with Crippen LogP contribution in [-0.2, 0) is 38.6 Å². The normalized spacial score (nSPS) is 12.6. The number of carbonyl (C=O) groups is 3. The van der Waals surface area contributed by atoms with Gasteiger partial charge in [0.15, 0.2) is 6.29 Å². The number of aromatic hydroxyl groups is 1. The maximum absolute atomic E-state index is 14.6. The third kappa shape index (κ3) is 11.1. The zero-order chi connectivity index (χ0) is 35.3. The van der Waals surface area contributed by atoms with Crippen molar-refractivity contribution in [1.82, 2.24) is 31.0 Å². The van der Waals surface area contributed by atoms with Gasteiger partial charge in [-0.3, -0.25) is 15.0 Å². The van der Waals surface area contributed by atoms with Crippen LogP contribution in [0.3, 0.4) is 0 Å². The molecule has 0 aliphatic heterocycles. The van der Waals surface area contributed by atoms with Gasteiger partial charge in [0.25, 0.3) is 0 Å². The van der Waals surface area contributed by atoms with Crippen molar-refractivity contribution in [3.63, 3.8) is 0 Å². The number of hydrazine groups is 1. The minimum atomic E-state index is -1.02. The summed E-state index contributed by atoms with van der Waals surface area (Å²) in [4.78, 5) is 46.7. The highest BCUT2D eigenvalue weighted by molar-refractivity contribution is 7.17. The van der Waals surface area contributed by atoms with Gasteiger partial charge in [-0.05, 0) is 61.5 Å². The summed E-state index contributed by atoms with van der Waals surface area (Å²) >= 11 is 7.74. The van der Waals surface area contributed by atoms with E-state index in [4.69, 9.17) is 21.1 Å². The van der Waals surface area contributed by atoms with Crippen LogP contribution in [0.1, 0.15) is 37.5 Å². The molecule has 14 heteroatoms. The van der Waals surface area contributed by atoms with Crippen LogP contribution in [-0.4, -0.2) is 83.0 Å². The Labute approximate surface area is 295 Å². The Morgan fingerprint density at radius 2 is 1.67 bits per heavy atom. The molecule has 0 fully saturated rings. The smallest absolute Gasteiger partial charge is 0.329 e. The highest BCUT2D eigenvalue weighted by Crippen LogP contribution is 2.28. The van der Waals surface area contributed by atoms with Gasteiger partial charge < -0.3 is 30.1 Å². The van der Waals surface area contributed by atoms with Crippen molar-refractivity contribution in [2.75, 3.05) is 26.8 Å². The molecular formula is C35H43ClN6O6S. The molecule has 49 heavy (non-hydrogen) atoms. The minimum absolute atomic E-state index is 0.0796. The number of phenols is 1. The lowest BCUT2D eigenvalue weighted by atomic mass is 10.0. The van der Waals surface area contributed by atoms with E-state index in [0.717, 1.165) is 21.4 Å². The molecule has 0 unspecified atom stereocenters. The number of halogens is 1. The second kappa shape index (κ2) is 18.5. The predicted molar refractivity (Wildman–Crippen MR) is 190 cm³/mol. The van der Waals surface area contributed by atoms with Gasteiger partial charge in [-0.25, -0.2) is 14.8 Å². The maximum Gasteiger partial charge on any atom is 0.329 e. The fourth-order valence-corrected chi connectivity index (χ4v) is 6.25. The molecule has 4 amide bonds. The summed E-state index contributed by atoms with van der Waals surface area (Å²) in [5.41, 5.74) is 5.74. The van der Waals surface area contributed by atoms with E-state index in [9.17, 15) is 19.5 Å². The van der Waals surface area contributed by atoms with Crippen LogP contribution in [0.2, 0.25) is 5.15 Å². The van der Waals surface area contributed by atoms with Gasteiger partial charge in [-0.2, -0.15) is 0 Å². The molecule has 0 aliphatic carbocycles. The number of urea groups is 1. The van der Waals surface area contributed by atoms with E-state index in [1.807, 2.05) is 62.5 Å². The van der Waals surface area contributed by atoms with Crippen molar-refractivity contribution in [3.05, 3.63) is 94.0 Å². The maximum atomic E-state index is 14.6. The Kier molecular flexibility index (Phi) is 14.2. The van der Waals surface area contributed by atoms with E-state index >= 15 is 0 Å². The lowest BCUT2D eigenvalue weighted by Gasteiger charge is -2.36. The van der Waals surface area contributed by atoms with E-state index in [0.29, 0.717) is 30.4 Å². The van der Waals surface area contributed by atoms with Gasteiger partial charge in [-0.1, -0.05) is 54.1 Å². The van der Waals surface area contributed by atoms with Crippen molar-refractivity contribution in [1.29, 1.82) is 0 Å². The summed E-state index contributed by atoms with van der Waals surface area (Å²) in [6.45, 7) is 6.50.